The second kappa shape index (κ2) is 8.43. The number of carbonyl (C=O) groups excluding carboxylic acids is 3. The smallest absolute Gasteiger partial charge is 0.306 e. The van der Waals surface area contributed by atoms with Crippen LogP contribution in [0.2, 0.25) is 0 Å². The Morgan fingerprint density at radius 3 is 2.57 bits per heavy atom. The number of hydrogen-bond acceptors (Lipinski definition) is 5. The molecule has 1 aliphatic heterocycles. The van der Waals surface area contributed by atoms with Gasteiger partial charge in [-0.15, -0.1) is 0 Å². The minimum atomic E-state index is -0.400. The van der Waals surface area contributed by atoms with Crippen molar-refractivity contribution in [1.82, 2.24) is 0 Å². The van der Waals surface area contributed by atoms with Crippen LogP contribution in [0, 0.1) is 0 Å². The van der Waals surface area contributed by atoms with E-state index in [4.69, 9.17) is 9.47 Å². The standard InChI is InChI=1S/C17H21NO5/c1-12(19)13-4-6-14(7-5-13)18-16(20)8-9-17(21)23-11-15-3-2-10-22-15/h4-7,15H,2-3,8-11H2,1H3,(H,18,20). The monoisotopic (exact) mass is 319 g/mol. The van der Waals surface area contributed by atoms with E-state index < -0.39 is 5.97 Å². The van der Waals surface area contributed by atoms with E-state index in [0.717, 1.165) is 12.8 Å². The van der Waals surface area contributed by atoms with Crippen molar-refractivity contribution in [1.29, 1.82) is 0 Å². The van der Waals surface area contributed by atoms with Gasteiger partial charge in [0.05, 0.1) is 12.5 Å². The topological polar surface area (TPSA) is 81.7 Å². The van der Waals surface area contributed by atoms with E-state index in [1.807, 2.05) is 0 Å². The molecule has 0 aromatic heterocycles. The lowest BCUT2D eigenvalue weighted by molar-refractivity contribution is -0.147. The van der Waals surface area contributed by atoms with Crippen LogP contribution in [0.15, 0.2) is 24.3 Å². The van der Waals surface area contributed by atoms with Crippen molar-refractivity contribution in [2.45, 2.75) is 38.7 Å². The number of hydrogen-bond donors (Lipinski definition) is 1. The molecule has 23 heavy (non-hydrogen) atoms. The van der Waals surface area contributed by atoms with E-state index in [-0.39, 0.29) is 37.2 Å². The van der Waals surface area contributed by atoms with Gasteiger partial charge < -0.3 is 14.8 Å². The molecule has 0 aliphatic carbocycles. The quantitative estimate of drug-likeness (QED) is 0.616. The Labute approximate surface area is 135 Å². The van der Waals surface area contributed by atoms with Gasteiger partial charge in [-0.1, -0.05) is 0 Å². The van der Waals surface area contributed by atoms with E-state index in [9.17, 15) is 14.4 Å². The molecule has 6 heteroatoms. The zero-order chi connectivity index (χ0) is 16.7. The highest BCUT2D eigenvalue weighted by Gasteiger charge is 2.17. The minimum Gasteiger partial charge on any atom is -0.463 e. The number of nitrogens with one attached hydrogen (secondary N) is 1. The zero-order valence-corrected chi connectivity index (χ0v) is 13.2. The fourth-order valence-electron chi connectivity index (χ4n) is 2.26. The summed E-state index contributed by atoms with van der Waals surface area (Å²) in [5.41, 5.74) is 1.17. The van der Waals surface area contributed by atoms with Gasteiger partial charge in [0.1, 0.15) is 6.61 Å². The van der Waals surface area contributed by atoms with Crippen molar-refractivity contribution in [2.24, 2.45) is 0 Å². The van der Waals surface area contributed by atoms with Crippen molar-refractivity contribution in [3.8, 4) is 0 Å². The lowest BCUT2D eigenvalue weighted by Crippen LogP contribution is -2.19. The highest BCUT2D eigenvalue weighted by Crippen LogP contribution is 2.13. The van der Waals surface area contributed by atoms with E-state index in [1.54, 1.807) is 24.3 Å². The van der Waals surface area contributed by atoms with Gasteiger partial charge in [0.2, 0.25) is 5.91 Å². The summed E-state index contributed by atoms with van der Waals surface area (Å²) in [7, 11) is 0. The molecule has 1 N–H and O–H groups in total. The predicted molar refractivity (Wildman–Crippen MR) is 84.2 cm³/mol. The van der Waals surface area contributed by atoms with Crippen molar-refractivity contribution >= 4 is 23.3 Å². The number of ketones is 1. The first-order valence-corrected chi connectivity index (χ1v) is 7.72. The summed E-state index contributed by atoms with van der Waals surface area (Å²) in [4.78, 5) is 34.5. The third-order valence-electron chi connectivity index (χ3n) is 3.59. The predicted octanol–water partition coefficient (Wildman–Crippen LogP) is 2.33. The maximum Gasteiger partial charge on any atom is 0.306 e. The van der Waals surface area contributed by atoms with Crippen molar-refractivity contribution in [3.05, 3.63) is 29.8 Å². The van der Waals surface area contributed by atoms with E-state index in [1.165, 1.54) is 6.92 Å². The molecular weight excluding hydrogens is 298 g/mol. The maximum absolute atomic E-state index is 11.8. The summed E-state index contributed by atoms with van der Waals surface area (Å²) in [6.07, 6.45) is 1.98. The Balaban J connectivity index is 1.67. The Morgan fingerprint density at radius 2 is 1.96 bits per heavy atom. The number of ether oxygens (including phenoxy) is 2. The molecule has 1 atom stereocenters. The van der Waals surface area contributed by atoms with Crippen molar-refractivity contribution in [2.75, 3.05) is 18.5 Å². The van der Waals surface area contributed by atoms with Gasteiger partial charge in [0.15, 0.2) is 5.78 Å². The number of benzene rings is 1. The average Bonchev–Trinajstić information content (AvgIpc) is 3.05. The third-order valence-corrected chi connectivity index (χ3v) is 3.59. The molecule has 6 nitrogen and oxygen atoms in total. The van der Waals surface area contributed by atoms with Crippen LogP contribution in [0.1, 0.15) is 43.0 Å². The fourth-order valence-corrected chi connectivity index (χ4v) is 2.26. The molecule has 1 aliphatic rings. The number of Topliss-reactive ketones (excluding diaryl/α,β-unsaturated/α-hetero) is 1. The summed E-state index contributed by atoms with van der Waals surface area (Å²) in [5.74, 6) is -0.700. The molecule has 1 amide bonds. The number of carbonyl (C=O) groups is 3. The van der Waals surface area contributed by atoms with E-state index >= 15 is 0 Å². The largest absolute Gasteiger partial charge is 0.463 e. The molecule has 1 aromatic rings. The average molecular weight is 319 g/mol. The number of amides is 1. The van der Waals surface area contributed by atoms with Crippen LogP contribution in [-0.2, 0) is 19.1 Å². The third kappa shape index (κ3) is 5.83. The van der Waals surface area contributed by atoms with Crippen LogP contribution in [0.25, 0.3) is 0 Å². The summed E-state index contributed by atoms with van der Waals surface area (Å²) in [6.45, 7) is 2.45. The van der Waals surface area contributed by atoms with Crippen LogP contribution in [0.3, 0.4) is 0 Å². The second-order valence-corrected chi connectivity index (χ2v) is 5.50. The van der Waals surface area contributed by atoms with Gasteiger partial charge in [-0.05, 0) is 44.0 Å². The van der Waals surface area contributed by atoms with Gasteiger partial charge in [-0.25, -0.2) is 0 Å². The molecule has 1 fully saturated rings. The molecule has 124 valence electrons. The zero-order valence-electron chi connectivity index (χ0n) is 13.2. The molecule has 0 spiro atoms. The van der Waals surface area contributed by atoms with Crippen LogP contribution < -0.4 is 5.32 Å². The van der Waals surface area contributed by atoms with Crippen LogP contribution in [-0.4, -0.2) is 37.0 Å². The Kier molecular flexibility index (Phi) is 6.29. The highest BCUT2D eigenvalue weighted by molar-refractivity contribution is 5.96. The summed E-state index contributed by atoms with van der Waals surface area (Å²) < 4.78 is 10.4. The molecule has 0 saturated carbocycles. The van der Waals surface area contributed by atoms with Gasteiger partial charge in [-0.3, -0.25) is 14.4 Å². The number of esters is 1. The first kappa shape index (κ1) is 17.1. The SMILES string of the molecule is CC(=O)c1ccc(NC(=O)CCC(=O)OCC2CCCO2)cc1. The summed E-state index contributed by atoms with van der Waals surface area (Å²) in [6, 6.07) is 6.61. The van der Waals surface area contributed by atoms with Crippen LogP contribution in [0.4, 0.5) is 5.69 Å². The Hall–Kier alpha value is -2.21. The second-order valence-electron chi connectivity index (χ2n) is 5.50. The Morgan fingerprint density at radius 1 is 1.22 bits per heavy atom. The molecule has 0 radical (unpaired) electrons. The maximum atomic E-state index is 11.8. The molecule has 1 unspecified atom stereocenters. The molecule has 0 bridgehead atoms. The van der Waals surface area contributed by atoms with Gasteiger partial charge in [-0.2, -0.15) is 0 Å². The van der Waals surface area contributed by atoms with Crippen molar-refractivity contribution < 1.29 is 23.9 Å². The highest BCUT2D eigenvalue weighted by atomic mass is 16.6. The van der Waals surface area contributed by atoms with Gasteiger partial charge in [0, 0.05) is 24.3 Å². The van der Waals surface area contributed by atoms with Gasteiger partial charge >= 0.3 is 5.97 Å². The van der Waals surface area contributed by atoms with Crippen LogP contribution in [0.5, 0.6) is 0 Å². The fraction of sp³-hybridized carbons (Fsp3) is 0.471. The molecule has 1 saturated heterocycles. The van der Waals surface area contributed by atoms with E-state index in [2.05, 4.69) is 5.32 Å². The first-order chi connectivity index (χ1) is 11.0. The number of anilines is 1. The van der Waals surface area contributed by atoms with Crippen molar-refractivity contribution in [3.63, 3.8) is 0 Å². The summed E-state index contributed by atoms with van der Waals surface area (Å²) in [5, 5.41) is 2.68. The lowest BCUT2D eigenvalue weighted by Gasteiger charge is -2.10. The lowest BCUT2D eigenvalue weighted by atomic mass is 10.1. The van der Waals surface area contributed by atoms with Gasteiger partial charge in [0.25, 0.3) is 0 Å². The number of rotatable bonds is 7. The van der Waals surface area contributed by atoms with E-state index in [0.29, 0.717) is 17.9 Å². The molecule has 1 heterocycles. The summed E-state index contributed by atoms with van der Waals surface area (Å²) >= 11 is 0. The first-order valence-electron chi connectivity index (χ1n) is 7.72. The minimum absolute atomic E-state index is 0.00688. The van der Waals surface area contributed by atoms with Crippen LogP contribution >= 0.6 is 0 Å². The molecule has 2 rings (SSSR count). The molecular formula is C17H21NO5. The Bertz CT molecular complexity index is 561. The molecule has 1 aromatic carbocycles. The normalized spacial score (nSPS) is 16.8.